The van der Waals surface area contributed by atoms with Gasteiger partial charge >= 0.3 is 0 Å². The Hall–Kier alpha value is -1.13. The molecular formula is C12H20N2O2. The van der Waals surface area contributed by atoms with Crippen molar-refractivity contribution in [3.63, 3.8) is 0 Å². The zero-order chi connectivity index (χ0) is 12.0. The normalized spacial score (nSPS) is 19.4. The van der Waals surface area contributed by atoms with Crippen molar-refractivity contribution in [3.8, 4) is 0 Å². The van der Waals surface area contributed by atoms with Crippen molar-refractivity contribution in [1.29, 1.82) is 0 Å². The number of nitrogens with two attached hydrogens (primary N) is 1. The number of carbonyl (C=O) groups excluding carboxylic acids is 1. The van der Waals surface area contributed by atoms with Gasteiger partial charge in [0.05, 0.1) is 6.61 Å². The highest BCUT2D eigenvalue weighted by molar-refractivity contribution is 5.93. The maximum Gasteiger partial charge on any atom is 0.273 e. The predicted octanol–water partition coefficient (Wildman–Crippen LogP) is 1.39. The molecule has 0 bridgehead atoms. The highest BCUT2D eigenvalue weighted by atomic mass is 16.7. The number of amides is 1. The topological polar surface area (TPSA) is 55.6 Å². The van der Waals surface area contributed by atoms with Crippen LogP contribution in [-0.4, -0.2) is 30.2 Å². The molecule has 0 aromatic rings. The molecule has 0 radical (unpaired) electrons. The van der Waals surface area contributed by atoms with Gasteiger partial charge in [-0.3, -0.25) is 9.63 Å². The number of rotatable bonds is 5. The van der Waals surface area contributed by atoms with Gasteiger partial charge in [0.15, 0.2) is 0 Å². The molecule has 0 aromatic carbocycles. The Kier molecular flexibility index (Phi) is 5.22. The molecule has 1 aliphatic rings. The van der Waals surface area contributed by atoms with Gasteiger partial charge in [0.25, 0.3) is 5.91 Å². The first kappa shape index (κ1) is 12.9. The first-order valence-electron chi connectivity index (χ1n) is 5.76. The number of carbonyl (C=O) groups is 1. The molecule has 16 heavy (non-hydrogen) atoms. The van der Waals surface area contributed by atoms with Gasteiger partial charge in [-0.2, -0.15) is 0 Å². The molecule has 0 aliphatic heterocycles. The first-order chi connectivity index (χ1) is 7.69. The minimum absolute atomic E-state index is 0.0611. The van der Waals surface area contributed by atoms with Crippen LogP contribution in [0.4, 0.5) is 0 Å². The third-order valence-electron chi connectivity index (χ3n) is 2.32. The lowest BCUT2D eigenvalue weighted by atomic mass is 10.0. The Morgan fingerprint density at radius 2 is 2.38 bits per heavy atom. The van der Waals surface area contributed by atoms with Crippen molar-refractivity contribution in [2.75, 3.05) is 13.2 Å². The third kappa shape index (κ3) is 3.47. The van der Waals surface area contributed by atoms with Crippen molar-refractivity contribution >= 4 is 5.91 Å². The van der Waals surface area contributed by atoms with E-state index >= 15 is 0 Å². The summed E-state index contributed by atoms with van der Waals surface area (Å²) in [6, 6.07) is -0.0611. The molecule has 0 heterocycles. The molecule has 0 fully saturated rings. The summed E-state index contributed by atoms with van der Waals surface area (Å²) in [4.78, 5) is 17.4. The van der Waals surface area contributed by atoms with Gasteiger partial charge in [0.2, 0.25) is 0 Å². The van der Waals surface area contributed by atoms with Crippen LogP contribution in [0.2, 0.25) is 0 Å². The molecule has 4 nitrogen and oxygen atoms in total. The Balaban J connectivity index is 2.66. The monoisotopic (exact) mass is 224 g/mol. The lowest BCUT2D eigenvalue weighted by Crippen LogP contribution is -2.35. The minimum Gasteiger partial charge on any atom is -0.324 e. The second kappa shape index (κ2) is 6.45. The lowest BCUT2D eigenvalue weighted by molar-refractivity contribution is -0.180. The number of allylic oxidation sites excluding steroid dienone is 2. The van der Waals surface area contributed by atoms with E-state index in [0.717, 1.165) is 12.0 Å². The van der Waals surface area contributed by atoms with Crippen LogP contribution < -0.4 is 5.73 Å². The van der Waals surface area contributed by atoms with Crippen LogP contribution in [-0.2, 0) is 9.63 Å². The fraction of sp³-hybridized carbons (Fsp3) is 0.583. The van der Waals surface area contributed by atoms with Crippen LogP contribution in [0.25, 0.3) is 0 Å². The second-order valence-electron chi connectivity index (χ2n) is 3.77. The lowest BCUT2D eigenvalue weighted by Gasteiger charge is -2.23. The summed E-state index contributed by atoms with van der Waals surface area (Å²) in [7, 11) is 0. The summed E-state index contributed by atoms with van der Waals surface area (Å²) in [6.07, 6.45) is 7.00. The summed E-state index contributed by atoms with van der Waals surface area (Å²) in [6.45, 7) is 5.00. The number of hydroxylamine groups is 2. The van der Waals surface area contributed by atoms with Crippen LogP contribution in [0.3, 0.4) is 0 Å². The zero-order valence-electron chi connectivity index (χ0n) is 9.98. The first-order valence-corrected chi connectivity index (χ1v) is 5.76. The summed E-state index contributed by atoms with van der Waals surface area (Å²) in [5.74, 6) is -0.0662. The molecule has 0 saturated heterocycles. The molecule has 1 aliphatic carbocycles. The molecular weight excluding hydrogens is 204 g/mol. The maximum atomic E-state index is 12.1. The van der Waals surface area contributed by atoms with Crippen LogP contribution in [0.15, 0.2) is 23.8 Å². The number of nitrogens with zero attached hydrogens (tertiary/aromatic N) is 1. The van der Waals surface area contributed by atoms with Gasteiger partial charge in [-0.05, 0) is 19.8 Å². The Morgan fingerprint density at radius 3 is 2.94 bits per heavy atom. The highest BCUT2D eigenvalue weighted by Gasteiger charge is 2.20. The average molecular weight is 224 g/mol. The smallest absolute Gasteiger partial charge is 0.273 e. The standard InChI is InChI=1S/C12H20N2O2/c1-3-8-14(16-4-2)12(15)10-6-5-7-11(13)9-10/h5-7,11H,3-4,8-9,13H2,1-2H3. The average Bonchev–Trinajstić information content (AvgIpc) is 2.28. The molecule has 1 unspecified atom stereocenters. The quantitative estimate of drug-likeness (QED) is 0.718. The van der Waals surface area contributed by atoms with Crippen LogP contribution in [0, 0.1) is 0 Å². The SMILES string of the molecule is CCCN(OCC)C(=O)C1=CC=CC(N)C1. The molecule has 2 N–H and O–H groups in total. The van der Waals surface area contributed by atoms with E-state index in [0.29, 0.717) is 19.6 Å². The summed E-state index contributed by atoms with van der Waals surface area (Å²) in [5.41, 5.74) is 6.49. The van der Waals surface area contributed by atoms with Gasteiger partial charge in [-0.1, -0.05) is 25.2 Å². The van der Waals surface area contributed by atoms with Gasteiger partial charge in [0.1, 0.15) is 0 Å². The van der Waals surface area contributed by atoms with E-state index in [4.69, 9.17) is 10.6 Å². The molecule has 1 atom stereocenters. The molecule has 0 spiro atoms. The van der Waals surface area contributed by atoms with Crippen LogP contribution in [0.1, 0.15) is 26.7 Å². The van der Waals surface area contributed by atoms with Crippen LogP contribution >= 0.6 is 0 Å². The maximum absolute atomic E-state index is 12.1. The number of hydrogen-bond acceptors (Lipinski definition) is 3. The summed E-state index contributed by atoms with van der Waals surface area (Å²) in [5, 5.41) is 1.43. The summed E-state index contributed by atoms with van der Waals surface area (Å²) >= 11 is 0. The van der Waals surface area contributed by atoms with Crippen molar-refractivity contribution in [1.82, 2.24) is 5.06 Å². The minimum atomic E-state index is -0.0662. The van der Waals surface area contributed by atoms with E-state index in [1.54, 1.807) is 0 Å². The fourth-order valence-corrected chi connectivity index (χ4v) is 1.61. The van der Waals surface area contributed by atoms with Gasteiger partial charge in [-0.25, -0.2) is 5.06 Å². The van der Waals surface area contributed by atoms with E-state index in [1.807, 2.05) is 32.1 Å². The fourth-order valence-electron chi connectivity index (χ4n) is 1.61. The summed E-state index contributed by atoms with van der Waals surface area (Å²) < 4.78 is 0. The van der Waals surface area contributed by atoms with Crippen molar-refractivity contribution in [2.24, 2.45) is 5.73 Å². The van der Waals surface area contributed by atoms with Crippen molar-refractivity contribution in [2.45, 2.75) is 32.7 Å². The molecule has 0 aromatic heterocycles. The van der Waals surface area contributed by atoms with E-state index in [1.165, 1.54) is 5.06 Å². The molecule has 4 heteroatoms. The zero-order valence-corrected chi connectivity index (χ0v) is 9.98. The molecule has 0 saturated carbocycles. The number of hydrogen-bond donors (Lipinski definition) is 1. The van der Waals surface area contributed by atoms with E-state index < -0.39 is 0 Å². The van der Waals surface area contributed by atoms with E-state index in [2.05, 4.69) is 0 Å². The third-order valence-corrected chi connectivity index (χ3v) is 2.32. The van der Waals surface area contributed by atoms with Crippen LogP contribution in [0.5, 0.6) is 0 Å². The van der Waals surface area contributed by atoms with Crippen molar-refractivity contribution in [3.05, 3.63) is 23.8 Å². The molecule has 1 rings (SSSR count). The van der Waals surface area contributed by atoms with Gasteiger partial charge in [0, 0.05) is 18.2 Å². The predicted molar refractivity (Wildman–Crippen MR) is 63.4 cm³/mol. The Labute approximate surface area is 96.7 Å². The van der Waals surface area contributed by atoms with E-state index in [9.17, 15) is 4.79 Å². The van der Waals surface area contributed by atoms with Gasteiger partial charge in [-0.15, -0.1) is 0 Å². The Morgan fingerprint density at radius 1 is 1.62 bits per heavy atom. The second-order valence-corrected chi connectivity index (χ2v) is 3.77. The Bertz CT molecular complexity index is 291. The molecule has 1 amide bonds. The van der Waals surface area contributed by atoms with Gasteiger partial charge < -0.3 is 5.73 Å². The van der Waals surface area contributed by atoms with Crippen molar-refractivity contribution < 1.29 is 9.63 Å². The van der Waals surface area contributed by atoms with E-state index in [-0.39, 0.29) is 11.9 Å². The molecule has 90 valence electrons. The largest absolute Gasteiger partial charge is 0.324 e. The highest BCUT2D eigenvalue weighted by Crippen LogP contribution is 2.14.